The van der Waals surface area contributed by atoms with Crippen molar-refractivity contribution in [2.45, 2.75) is 17.1 Å². The minimum absolute atomic E-state index is 0.134. The topological polar surface area (TPSA) is 17.1 Å². The van der Waals surface area contributed by atoms with Gasteiger partial charge in [0.25, 0.3) is 0 Å². The Morgan fingerprint density at radius 3 is 2.71 bits per heavy atom. The van der Waals surface area contributed by atoms with E-state index in [4.69, 9.17) is 0 Å². The van der Waals surface area contributed by atoms with Crippen molar-refractivity contribution in [3.8, 4) is 0 Å². The van der Waals surface area contributed by atoms with E-state index in [1.54, 1.807) is 6.92 Å². The zero-order valence-corrected chi connectivity index (χ0v) is 12.9. The number of carbonyl (C=O) groups excluding carboxylic acids is 1. The van der Waals surface area contributed by atoms with Crippen LogP contribution in [-0.2, 0) is 10.1 Å². The Kier molecular flexibility index (Phi) is 5.06. The van der Waals surface area contributed by atoms with Gasteiger partial charge < -0.3 is 0 Å². The summed E-state index contributed by atoms with van der Waals surface area (Å²) in [6.07, 6.45) is 0. The largest absolute Gasteiger partial charge is 0.298 e. The van der Waals surface area contributed by atoms with Gasteiger partial charge in [-0.3, -0.25) is 4.79 Å². The molecule has 0 fully saturated rings. The summed E-state index contributed by atoms with van der Waals surface area (Å²) in [5, 5.41) is 0.772. The number of carbonyl (C=O) groups is 1. The molecule has 14 heavy (non-hydrogen) atoms. The summed E-state index contributed by atoms with van der Waals surface area (Å²) in [7, 11) is 0. The van der Waals surface area contributed by atoms with Crippen LogP contribution in [0.15, 0.2) is 18.2 Å². The maximum absolute atomic E-state index is 11.3. The van der Waals surface area contributed by atoms with Crippen LogP contribution in [0.1, 0.15) is 22.9 Å². The minimum atomic E-state index is -0.190. The lowest BCUT2D eigenvalue weighted by molar-refractivity contribution is -0.116. The summed E-state index contributed by atoms with van der Waals surface area (Å²) in [6, 6.07) is 6.13. The van der Waals surface area contributed by atoms with Crippen molar-refractivity contribution >= 4 is 60.2 Å². The molecule has 4 heteroatoms. The summed E-state index contributed by atoms with van der Waals surface area (Å²) < 4.78 is 1.15. The second kappa shape index (κ2) is 5.61. The van der Waals surface area contributed by atoms with Crippen LogP contribution in [0.2, 0.25) is 0 Å². The molecule has 1 atom stereocenters. The fourth-order valence-corrected chi connectivity index (χ4v) is 2.59. The van der Waals surface area contributed by atoms with Crippen molar-refractivity contribution in [1.29, 1.82) is 0 Å². The fourth-order valence-electron chi connectivity index (χ4n) is 1.14. The van der Waals surface area contributed by atoms with Gasteiger partial charge in [-0.15, -0.1) is 0 Å². The first kappa shape index (κ1) is 12.6. The Morgan fingerprint density at radius 1 is 1.57 bits per heavy atom. The third-order valence-corrected chi connectivity index (χ3v) is 4.29. The van der Waals surface area contributed by atoms with Gasteiger partial charge in [0.1, 0.15) is 5.78 Å². The number of halogens is 3. The van der Waals surface area contributed by atoms with Crippen LogP contribution in [0.4, 0.5) is 0 Å². The molecular weight excluding hydrogens is 423 g/mol. The number of hydrogen-bond donors (Lipinski definition) is 0. The highest BCUT2D eigenvalue weighted by atomic mass is 127. The van der Waals surface area contributed by atoms with Gasteiger partial charge >= 0.3 is 0 Å². The monoisotopic (exact) mass is 430 g/mol. The van der Waals surface area contributed by atoms with Gasteiger partial charge in [0.2, 0.25) is 0 Å². The molecule has 1 unspecified atom stereocenters. The van der Waals surface area contributed by atoms with Crippen LogP contribution < -0.4 is 0 Å². The standard InChI is InChI=1S/C10H9Br2IO/c1-6(14)10(12)9-4-8(13)3-2-7(9)5-11/h2-4,10H,5H2,1H3. The van der Waals surface area contributed by atoms with Gasteiger partial charge in [-0.25, -0.2) is 0 Å². The molecule has 0 bridgehead atoms. The molecule has 0 radical (unpaired) electrons. The van der Waals surface area contributed by atoms with Crippen LogP contribution >= 0.6 is 54.5 Å². The van der Waals surface area contributed by atoms with E-state index in [0.29, 0.717) is 0 Å². The van der Waals surface area contributed by atoms with E-state index < -0.39 is 0 Å². The summed E-state index contributed by atoms with van der Waals surface area (Å²) in [5.41, 5.74) is 2.21. The smallest absolute Gasteiger partial charge is 0.147 e. The van der Waals surface area contributed by atoms with Crippen molar-refractivity contribution in [3.05, 3.63) is 32.9 Å². The quantitative estimate of drug-likeness (QED) is 0.517. The van der Waals surface area contributed by atoms with Gasteiger partial charge in [0.05, 0.1) is 4.83 Å². The predicted molar refractivity (Wildman–Crippen MR) is 74.1 cm³/mol. The lowest BCUT2D eigenvalue weighted by atomic mass is 10.0. The van der Waals surface area contributed by atoms with Crippen molar-refractivity contribution < 1.29 is 4.79 Å². The zero-order valence-electron chi connectivity index (χ0n) is 7.56. The zero-order chi connectivity index (χ0) is 10.7. The first-order chi connectivity index (χ1) is 6.56. The van der Waals surface area contributed by atoms with Gasteiger partial charge in [-0.1, -0.05) is 37.9 Å². The van der Waals surface area contributed by atoms with E-state index in [0.717, 1.165) is 20.0 Å². The molecule has 0 amide bonds. The van der Waals surface area contributed by atoms with Crippen LogP contribution in [0.3, 0.4) is 0 Å². The van der Waals surface area contributed by atoms with E-state index in [1.807, 2.05) is 18.2 Å². The van der Waals surface area contributed by atoms with E-state index in [9.17, 15) is 4.79 Å². The van der Waals surface area contributed by atoms with Crippen molar-refractivity contribution in [2.24, 2.45) is 0 Å². The molecule has 0 saturated heterocycles. The normalized spacial score (nSPS) is 12.6. The Morgan fingerprint density at radius 2 is 2.21 bits per heavy atom. The van der Waals surface area contributed by atoms with Crippen LogP contribution in [0, 0.1) is 3.57 Å². The number of alkyl halides is 2. The molecule has 1 nitrogen and oxygen atoms in total. The Hall–Kier alpha value is 0.580. The van der Waals surface area contributed by atoms with Crippen molar-refractivity contribution in [3.63, 3.8) is 0 Å². The SMILES string of the molecule is CC(=O)C(Br)c1cc(I)ccc1CBr. The third-order valence-electron chi connectivity index (χ3n) is 1.88. The van der Waals surface area contributed by atoms with Gasteiger partial charge in [0.15, 0.2) is 0 Å². The molecule has 0 aliphatic heterocycles. The second-order valence-electron chi connectivity index (χ2n) is 2.95. The lowest BCUT2D eigenvalue weighted by Gasteiger charge is -2.11. The van der Waals surface area contributed by atoms with Crippen LogP contribution in [0.25, 0.3) is 0 Å². The molecule has 0 aliphatic rings. The first-order valence-electron chi connectivity index (χ1n) is 4.05. The van der Waals surface area contributed by atoms with Crippen molar-refractivity contribution in [2.75, 3.05) is 0 Å². The predicted octanol–water partition coefficient (Wildman–Crippen LogP) is 4.21. The Labute approximate surface area is 114 Å². The number of rotatable bonds is 3. The molecule has 1 aromatic rings. The number of benzene rings is 1. The Bertz CT molecular complexity index is 352. The molecule has 0 N–H and O–H groups in total. The number of Topliss-reactive ketones (excluding diaryl/α,β-unsaturated/α-hetero) is 1. The second-order valence-corrected chi connectivity index (χ2v) is 5.67. The lowest BCUT2D eigenvalue weighted by Crippen LogP contribution is -2.04. The Balaban J connectivity index is 3.16. The maximum atomic E-state index is 11.3. The van der Waals surface area contributed by atoms with E-state index >= 15 is 0 Å². The molecule has 1 aromatic carbocycles. The fraction of sp³-hybridized carbons (Fsp3) is 0.300. The summed E-state index contributed by atoms with van der Waals surface area (Å²) in [4.78, 5) is 11.1. The highest BCUT2D eigenvalue weighted by Gasteiger charge is 2.16. The van der Waals surface area contributed by atoms with Gasteiger partial charge in [0, 0.05) is 8.90 Å². The number of ketones is 1. The molecule has 0 aromatic heterocycles. The van der Waals surface area contributed by atoms with E-state index in [2.05, 4.69) is 54.5 Å². The summed E-state index contributed by atoms with van der Waals surface area (Å²) in [6.45, 7) is 1.59. The first-order valence-corrected chi connectivity index (χ1v) is 7.16. The maximum Gasteiger partial charge on any atom is 0.147 e. The average Bonchev–Trinajstić information content (AvgIpc) is 2.16. The van der Waals surface area contributed by atoms with Crippen molar-refractivity contribution in [1.82, 2.24) is 0 Å². The molecule has 0 saturated carbocycles. The van der Waals surface area contributed by atoms with E-state index in [1.165, 1.54) is 0 Å². The number of hydrogen-bond acceptors (Lipinski definition) is 1. The highest BCUT2D eigenvalue weighted by molar-refractivity contribution is 14.1. The molecule has 1 rings (SSSR count). The average molecular weight is 432 g/mol. The minimum Gasteiger partial charge on any atom is -0.298 e. The molecule has 0 spiro atoms. The van der Waals surface area contributed by atoms with Gasteiger partial charge in [-0.05, 0) is 52.8 Å². The third kappa shape index (κ3) is 3.03. The summed E-state index contributed by atoms with van der Waals surface area (Å²) >= 11 is 9.07. The van der Waals surface area contributed by atoms with Crippen LogP contribution in [-0.4, -0.2) is 5.78 Å². The molecule has 0 heterocycles. The van der Waals surface area contributed by atoms with Gasteiger partial charge in [-0.2, -0.15) is 0 Å². The van der Waals surface area contributed by atoms with E-state index in [-0.39, 0.29) is 10.6 Å². The van der Waals surface area contributed by atoms with Crippen LogP contribution in [0.5, 0.6) is 0 Å². The molecular formula is C10H9Br2IO. The molecule has 0 aliphatic carbocycles. The molecule has 76 valence electrons. The highest BCUT2D eigenvalue weighted by Crippen LogP contribution is 2.29. The summed E-state index contributed by atoms with van der Waals surface area (Å²) in [5.74, 6) is 0.134.